The number of aromatic nitrogens is 5. The van der Waals surface area contributed by atoms with Crippen LogP contribution in [-0.4, -0.2) is 42.6 Å². The zero-order valence-electron chi connectivity index (χ0n) is 15.6. The smallest absolute Gasteiger partial charge is 0.234 e. The molecular weight excluding hydrogens is 382 g/mol. The van der Waals surface area contributed by atoms with Gasteiger partial charge in [-0.3, -0.25) is 9.59 Å². The fourth-order valence-corrected chi connectivity index (χ4v) is 3.21. The molecule has 28 heavy (non-hydrogen) atoms. The topological polar surface area (TPSA) is 128 Å². The van der Waals surface area contributed by atoms with Crippen molar-refractivity contribution in [3.63, 3.8) is 0 Å². The van der Waals surface area contributed by atoms with E-state index in [4.69, 9.17) is 4.63 Å². The lowest BCUT2D eigenvalue weighted by Crippen LogP contribution is -2.14. The highest BCUT2D eigenvalue weighted by Crippen LogP contribution is 2.27. The molecule has 2 amide bonds. The van der Waals surface area contributed by atoms with Gasteiger partial charge in [-0.2, -0.15) is 0 Å². The van der Waals surface area contributed by atoms with E-state index in [1.165, 1.54) is 18.7 Å². The Bertz CT molecular complexity index is 981. The van der Waals surface area contributed by atoms with Crippen molar-refractivity contribution in [3.05, 3.63) is 29.8 Å². The van der Waals surface area contributed by atoms with E-state index in [1.807, 2.05) is 38.1 Å². The summed E-state index contributed by atoms with van der Waals surface area (Å²) in [5.41, 5.74) is 2.14. The average molecular weight is 401 g/mol. The van der Waals surface area contributed by atoms with E-state index in [2.05, 4.69) is 31.1 Å². The number of aryl methyl sites for hydroxylation is 1. The molecule has 0 unspecified atom stereocenters. The van der Waals surface area contributed by atoms with E-state index < -0.39 is 0 Å². The van der Waals surface area contributed by atoms with Gasteiger partial charge in [0.05, 0.1) is 5.75 Å². The quantitative estimate of drug-likeness (QED) is 0.577. The lowest BCUT2D eigenvalue weighted by Gasteiger charge is -2.07. The van der Waals surface area contributed by atoms with Crippen LogP contribution in [0.5, 0.6) is 0 Å². The first-order valence-corrected chi connectivity index (χ1v) is 9.49. The van der Waals surface area contributed by atoms with Crippen LogP contribution in [0, 0.1) is 6.92 Å². The van der Waals surface area contributed by atoms with E-state index in [0.717, 1.165) is 11.3 Å². The molecule has 0 atom stereocenters. The molecule has 2 aromatic heterocycles. The van der Waals surface area contributed by atoms with Gasteiger partial charge in [0.2, 0.25) is 17.6 Å². The van der Waals surface area contributed by atoms with Gasteiger partial charge in [0, 0.05) is 19.2 Å². The number of thioether (sulfide) groups is 1. The van der Waals surface area contributed by atoms with Crippen molar-refractivity contribution >= 4 is 35.1 Å². The fourth-order valence-electron chi connectivity index (χ4n) is 2.40. The van der Waals surface area contributed by atoms with Crippen molar-refractivity contribution in [1.82, 2.24) is 25.1 Å². The summed E-state index contributed by atoms with van der Waals surface area (Å²) in [6.07, 6.45) is 0. The summed E-state index contributed by atoms with van der Waals surface area (Å²) in [7, 11) is 0. The maximum absolute atomic E-state index is 12.2. The van der Waals surface area contributed by atoms with Crippen molar-refractivity contribution in [1.29, 1.82) is 0 Å². The molecule has 1 aromatic carbocycles. The molecule has 0 saturated carbocycles. The van der Waals surface area contributed by atoms with Crippen molar-refractivity contribution in [3.8, 4) is 11.5 Å². The highest BCUT2D eigenvalue weighted by Gasteiger charge is 2.22. The minimum absolute atomic E-state index is 0.150. The molecule has 2 heterocycles. The number of hydrogen-bond acceptors (Lipinski definition) is 8. The lowest BCUT2D eigenvalue weighted by atomic mass is 10.2. The number of hydrogen-bond donors (Lipinski definition) is 2. The summed E-state index contributed by atoms with van der Waals surface area (Å²) in [5, 5.41) is 21.6. The average Bonchev–Trinajstić information content (AvgIpc) is 3.27. The Labute approximate surface area is 165 Å². The van der Waals surface area contributed by atoms with Gasteiger partial charge in [0.25, 0.3) is 0 Å². The number of amides is 2. The number of carbonyl (C=O) groups excluding carboxylic acids is 2. The summed E-state index contributed by atoms with van der Waals surface area (Å²) < 4.78 is 6.49. The molecule has 0 aliphatic rings. The first-order chi connectivity index (χ1) is 13.5. The van der Waals surface area contributed by atoms with Crippen LogP contribution in [-0.2, 0) is 16.1 Å². The molecule has 0 radical (unpaired) electrons. The Morgan fingerprint density at radius 3 is 2.57 bits per heavy atom. The molecule has 11 heteroatoms. The number of benzene rings is 1. The van der Waals surface area contributed by atoms with E-state index in [-0.39, 0.29) is 29.1 Å². The molecule has 0 bridgehead atoms. The standard InChI is InChI=1S/C17H19N7O3S/c1-4-24-16(14-15(18-11(3)25)23-27-22-14)20-21-17(24)28-9-13(26)19-12-7-5-10(2)6-8-12/h5-8H,4,9H2,1-3H3,(H,19,26)(H,18,23,25). The Hall–Kier alpha value is -3.21. The van der Waals surface area contributed by atoms with Crippen LogP contribution >= 0.6 is 11.8 Å². The molecule has 0 fully saturated rings. The summed E-state index contributed by atoms with van der Waals surface area (Å²) in [6.45, 7) is 5.79. The zero-order valence-corrected chi connectivity index (χ0v) is 16.4. The van der Waals surface area contributed by atoms with Crippen molar-refractivity contribution in [2.45, 2.75) is 32.5 Å². The highest BCUT2D eigenvalue weighted by atomic mass is 32.2. The highest BCUT2D eigenvalue weighted by molar-refractivity contribution is 7.99. The van der Waals surface area contributed by atoms with Crippen LogP contribution in [0.25, 0.3) is 11.5 Å². The third kappa shape index (κ3) is 4.55. The van der Waals surface area contributed by atoms with Gasteiger partial charge in [-0.05, 0) is 36.3 Å². The molecule has 3 rings (SSSR count). The van der Waals surface area contributed by atoms with Gasteiger partial charge < -0.3 is 15.2 Å². The van der Waals surface area contributed by atoms with Gasteiger partial charge in [-0.15, -0.1) is 10.2 Å². The van der Waals surface area contributed by atoms with Crippen LogP contribution in [0.15, 0.2) is 34.1 Å². The molecule has 10 nitrogen and oxygen atoms in total. The van der Waals surface area contributed by atoms with Crippen LogP contribution in [0.1, 0.15) is 19.4 Å². The Morgan fingerprint density at radius 2 is 1.89 bits per heavy atom. The second-order valence-electron chi connectivity index (χ2n) is 5.90. The Kier molecular flexibility index (Phi) is 6.04. The number of rotatable bonds is 7. The van der Waals surface area contributed by atoms with Gasteiger partial charge in [-0.25, -0.2) is 4.63 Å². The van der Waals surface area contributed by atoms with E-state index in [1.54, 1.807) is 4.57 Å². The molecule has 0 aliphatic heterocycles. The van der Waals surface area contributed by atoms with Crippen molar-refractivity contribution < 1.29 is 14.2 Å². The predicted octanol–water partition coefficient (Wildman–Crippen LogP) is 2.35. The normalized spacial score (nSPS) is 10.7. The molecular formula is C17H19N7O3S. The maximum Gasteiger partial charge on any atom is 0.234 e. The summed E-state index contributed by atoms with van der Waals surface area (Å²) >= 11 is 1.25. The summed E-state index contributed by atoms with van der Waals surface area (Å²) in [5.74, 6) is 0.281. The SMILES string of the molecule is CCn1c(SCC(=O)Nc2ccc(C)cc2)nnc1-c1nonc1NC(C)=O. The second kappa shape index (κ2) is 8.65. The third-order valence-electron chi connectivity index (χ3n) is 3.70. The predicted molar refractivity (Wildman–Crippen MR) is 104 cm³/mol. The number of carbonyl (C=O) groups is 2. The first-order valence-electron chi connectivity index (χ1n) is 8.51. The zero-order chi connectivity index (χ0) is 20.1. The monoisotopic (exact) mass is 401 g/mol. The maximum atomic E-state index is 12.2. The van der Waals surface area contributed by atoms with Crippen LogP contribution < -0.4 is 10.6 Å². The molecule has 0 spiro atoms. The minimum Gasteiger partial charge on any atom is -0.325 e. The molecule has 2 N–H and O–H groups in total. The van der Waals surface area contributed by atoms with E-state index >= 15 is 0 Å². The minimum atomic E-state index is -0.304. The lowest BCUT2D eigenvalue weighted by molar-refractivity contribution is -0.114. The van der Waals surface area contributed by atoms with Gasteiger partial charge in [0.1, 0.15) is 0 Å². The summed E-state index contributed by atoms with van der Waals surface area (Å²) in [4.78, 5) is 23.5. The van der Waals surface area contributed by atoms with Gasteiger partial charge >= 0.3 is 0 Å². The number of anilines is 2. The first kappa shape index (κ1) is 19.5. The molecule has 0 aliphatic carbocycles. The van der Waals surface area contributed by atoms with Crippen LogP contribution in [0.3, 0.4) is 0 Å². The van der Waals surface area contributed by atoms with Crippen LogP contribution in [0.4, 0.5) is 11.5 Å². The molecule has 0 saturated heterocycles. The van der Waals surface area contributed by atoms with Gasteiger partial charge in [0.15, 0.2) is 16.7 Å². The Balaban J connectivity index is 1.70. The fraction of sp³-hybridized carbons (Fsp3) is 0.294. The molecule has 146 valence electrons. The summed E-state index contributed by atoms with van der Waals surface area (Å²) in [6, 6.07) is 7.57. The van der Waals surface area contributed by atoms with Crippen LogP contribution in [0.2, 0.25) is 0 Å². The Morgan fingerprint density at radius 1 is 1.14 bits per heavy atom. The molecule has 3 aromatic rings. The van der Waals surface area contributed by atoms with E-state index in [0.29, 0.717) is 17.5 Å². The largest absolute Gasteiger partial charge is 0.325 e. The number of nitrogens with zero attached hydrogens (tertiary/aromatic N) is 5. The second-order valence-corrected chi connectivity index (χ2v) is 6.84. The van der Waals surface area contributed by atoms with E-state index in [9.17, 15) is 9.59 Å². The van der Waals surface area contributed by atoms with Crippen molar-refractivity contribution in [2.75, 3.05) is 16.4 Å². The van der Waals surface area contributed by atoms with Gasteiger partial charge in [-0.1, -0.05) is 29.5 Å². The third-order valence-corrected chi connectivity index (χ3v) is 4.66. The number of nitrogens with one attached hydrogen (secondary N) is 2. The van der Waals surface area contributed by atoms with Crippen molar-refractivity contribution in [2.24, 2.45) is 0 Å².